The molecule has 2 N–H and O–H groups in total. The first-order chi connectivity index (χ1) is 12.9. The number of benzene rings is 1. The maximum Gasteiger partial charge on any atom is 0.229 e. The van der Waals surface area contributed by atoms with Gasteiger partial charge in [-0.2, -0.15) is 4.98 Å². The first-order valence-corrected chi connectivity index (χ1v) is 10.4. The second-order valence-electron chi connectivity index (χ2n) is 5.81. The third-order valence-corrected chi connectivity index (χ3v) is 5.17. The zero-order valence-electron chi connectivity index (χ0n) is 14.8. The van der Waals surface area contributed by atoms with Gasteiger partial charge in [0.2, 0.25) is 5.95 Å². The number of rotatable bonds is 6. The smallest absolute Gasteiger partial charge is 0.229 e. The lowest BCUT2D eigenvalue weighted by molar-refractivity contribution is 0.602. The highest BCUT2D eigenvalue weighted by Gasteiger charge is 2.16. The number of nitrogens with zero attached hydrogens (tertiary/aromatic N) is 3. The Morgan fingerprint density at radius 1 is 1.04 bits per heavy atom. The van der Waals surface area contributed by atoms with Crippen molar-refractivity contribution >= 4 is 44.7 Å². The molecule has 9 heteroatoms. The Hall–Kier alpha value is -2.71. The molecular weight excluding hydrogens is 386 g/mol. The van der Waals surface area contributed by atoms with Crippen LogP contribution in [0.3, 0.4) is 0 Å². The molecule has 2 aromatic heterocycles. The molecule has 3 rings (SSSR count). The zero-order chi connectivity index (χ0) is 19.4. The van der Waals surface area contributed by atoms with E-state index in [0.29, 0.717) is 5.95 Å². The fourth-order valence-corrected chi connectivity index (χ4v) is 3.28. The molecule has 0 unspecified atom stereocenters. The van der Waals surface area contributed by atoms with Gasteiger partial charge in [0.25, 0.3) is 0 Å². The number of anilines is 4. The minimum atomic E-state index is -3.46. The summed E-state index contributed by atoms with van der Waals surface area (Å²) in [5.74, 6) is 0.727. The Morgan fingerprint density at radius 3 is 2.44 bits per heavy atom. The Morgan fingerprint density at radius 2 is 1.78 bits per heavy atom. The van der Waals surface area contributed by atoms with Gasteiger partial charge in [0.1, 0.15) is 15.7 Å². The van der Waals surface area contributed by atoms with Crippen LogP contribution in [0.5, 0.6) is 0 Å². The number of halogens is 1. The molecule has 1 aromatic carbocycles. The molecule has 0 saturated heterocycles. The van der Waals surface area contributed by atoms with Crippen molar-refractivity contribution in [3.63, 3.8) is 0 Å². The highest BCUT2D eigenvalue weighted by molar-refractivity contribution is 7.90. The summed E-state index contributed by atoms with van der Waals surface area (Å²) in [6.45, 7) is 2.09. The van der Waals surface area contributed by atoms with Crippen LogP contribution in [0, 0.1) is 0 Å². The Labute approximate surface area is 162 Å². The Bertz CT molecular complexity index is 1060. The molecule has 0 aliphatic heterocycles. The van der Waals surface area contributed by atoms with Crippen molar-refractivity contribution in [3.05, 3.63) is 59.4 Å². The number of hydrogen-bond acceptors (Lipinski definition) is 7. The average molecular weight is 404 g/mol. The van der Waals surface area contributed by atoms with Crippen LogP contribution in [0.2, 0.25) is 5.02 Å². The monoisotopic (exact) mass is 403 g/mol. The van der Waals surface area contributed by atoms with Gasteiger partial charge in [0, 0.05) is 18.1 Å². The van der Waals surface area contributed by atoms with E-state index in [9.17, 15) is 8.42 Å². The van der Waals surface area contributed by atoms with Gasteiger partial charge in [-0.25, -0.2) is 18.4 Å². The molecule has 0 radical (unpaired) electrons. The number of nitrogens with one attached hydrogen (secondary N) is 2. The molecule has 0 bridgehead atoms. The van der Waals surface area contributed by atoms with Gasteiger partial charge in [0.15, 0.2) is 15.7 Å². The molecule has 0 aliphatic carbocycles. The van der Waals surface area contributed by atoms with Crippen LogP contribution in [0.1, 0.15) is 12.5 Å². The first-order valence-electron chi connectivity index (χ1n) is 8.17. The standard InChI is InChI=1S/C18H18ClN5O2S/c1-3-12-6-8-13(9-7-12)22-18-21-11-14(19)16(24-18)23-17-15(27(2,25)26)5-4-10-20-17/h4-11H,3H2,1-2H3,(H2,20,21,22,23,24). The second-order valence-corrected chi connectivity index (χ2v) is 8.20. The molecule has 0 spiro atoms. The van der Waals surface area contributed by atoms with Crippen LogP contribution in [-0.4, -0.2) is 29.6 Å². The van der Waals surface area contributed by atoms with Gasteiger partial charge in [0.05, 0.1) is 6.20 Å². The van der Waals surface area contributed by atoms with Gasteiger partial charge >= 0.3 is 0 Å². The Balaban J connectivity index is 1.88. The topological polar surface area (TPSA) is 96.9 Å². The van der Waals surface area contributed by atoms with E-state index in [2.05, 4.69) is 32.5 Å². The zero-order valence-corrected chi connectivity index (χ0v) is 16.3. The summed E-state index contributed by atoms with van der Waals surface area (Å²) in [5.41, 5.74) is 2.05. The lowest BCUT2D eigenvalue weighted by Crippen LogP contribution is -2.07. The summed E-state index contributed by atoms with van der Waals surface area (Å²) in [7, 11) is -3.46. The third-order valence-electron chi connectivity index (χ3n) is 3.77. The predicted molar refractivity (Wildman–Crippen MR) is 107 cm³/mol. The molecular formula is C18H18ClN5O2S. The number of aromatic nitrogens is 3. The number of hydrogen-bond donors (Lipinski definition) is 2. The minimum Gasteiger partial charge on any atom is -0.324 e. The Kier molecular flexibility index (Phi) is 5.57. The van der Waals surface area contributed by atoms with Gasteiger partial charge < -0.3 is 10.6 Å². The van der Waals surface area contributed by atoms with E-state index in [1.165, 1.54) is 24.0 Å². The molecule has 0 amide bonds. The molecule has 0 aliphatic rings. The van der Waals surface area contributed by atoms with Crippen molar-refractivity contribution < 1.29 is 8.42 Å². The van der Waals surface area contributed by atoms with E-state index in [1.54, 1.807) is 6.07 Å². The number of pyridine rings is 1. The van der Waals surface area contributed by atoms with Gasteiger partial charge in [-0.3, -0.25) is 0 Å². The summed E-state index contributed by atoms with van der Waals surface area (Å²) in [6.07, 6.45) is 4.99. The normalized spacial score (nSPS) is 11.2. The molecule has 0 saturated carbocycles. The molecule has 140 valence electrons. The van der Waals surface area contributed by atoms with Gasteiger partial charge in [-0.1, -0.05) is 30.7 Å². The fraction of sp³-hybridized carbons (Fsp3) is 0.167. The van der Waals surface area contributed by atoms with Crippen LogP contribution >= 0.6 is 11.6 Å². The largest absolute Gasteiger partial charge is 0.324 e. The van der Waals surface area contributed by atoms with E-state index < -0.39 is 9.84 Å². The maximum absolute atomic E-state index is 11.9. The van der Waals surface area contributed by atoms with E-state index in [-0.39, 0.29) is 21.6 Å². The average Bonchev–Trinajstić information content (AvgIpc) is 2.65. The number of aryl methyl sites for hydroxylation is 1. The van der Waals surface area contributed by atoms with Crippen molar-refractivity contribution in [3.8, 4) is 0 Å². The van der Waals surface area contributed by atoms with Crippen molar-refractivity contribution in [2.45, 2.75) is 18.2 Å². The fourth-order valence-electron chi connectivity index (χ4n) is 2.36. The molecule has 2 heterocycles. The SMILES string of the molecule is CCc1ccc(Nc2ncc(Cl)c(Nc3ncccc3S(C)(=O)=O)n2)cc1. The molecule has 3 aromatic rings. The van der Waals surface area contributed by atoms with Crippen LogP contribution in [0.25, 0.3) is 0 Å². The quantitative estimate of drug-likeness (QED) is 0.642. The van der Waals surface area contributed by atoms with E-state index in [0.717, 1.165) is 18.4 Å². The highest BCUT2D eigenvalue weighted by atomic mass is 35.5. The van der Waals surface area contributed by atoms with Crippen LogP contribution in [-0.2, 0) is 16.3 Å². The summed E-state index contributed by atoms with van der Waals surface area (Å²) in [4.78, 5) is 12.6. The van der Waals surface area contributed by atoms with E-state index in [1.807, 2.05) is 24.3 Å². The molecule has 7 nitrogen and oxygen atoms in total. The molecule has 0 fully saturated rings. The maximum atomic E-state index is 11.9. The third kappa shape index (κ3) is 4.72. The summed E-state index contributed by atoms with van der Waals surface area (Å²) in [6, 6.07) is 10.9. The van der Waals surface area contributed by atoms with Crippen LogP contribution in [0.15, 0.2) is 53.7 Å². The van der Waals surface area contributed by atoms with Crippen LogP contribution < -0.4 is 10.6 Å². The van der Waals surface area contributed by atoms with Crippen molar-refractivity contribution in [1.82, 2.24) is 15.0 Å². The van der Waals surface area contributed by atoms with Crippen molar-refractivity contribution in [2.24, 2.45) is 0 Å². The van der Waals surface area contributed by atoms with Crippen molar-refractivity contribution in [2.75, 3.05) is 16.9 Å². The molecule has 0 atom stereocenters. The first kappa shape index (κ1) is 19.1. The number of sulfone groups is 1. The second kappa shape index (κ2) is 7.89. The lowest BCUT2D eigenvalue weighted by atomic mass is 10.1. The summed E-state index contributed by atoms with van der Waals surface area (Å²) >= 11 is 6.16. The summed E-state index contributed by atoms with van der Waals surface area (Å²) in [5, 5.41) is 6.21. The van der Waals surface area contributed by atoms with Crippen molar-refractivity contribution in [1.29, 1.82) is 0 Å². The van der Waals surface area contributed by atoms with E-state index in [4.69, 9.17) is 11.6 Å². The van der Waals surface area contributed by atoms with Gasteiger partial charge in [-0.15, -0.1) is 0 Å². The molecule has 27 heavy (non-hydrogen) atoms. The van der Waals surface area contributed by atoms with Crippen LogP contribution in [0.4, 0.5) is 23.3 Å². The lowest BCUT2D eigenvalue weighted by Gasteiger charge is -2.12. The van der Waals surface area contributed by atoms with Gasteiger partial charge in [-0.05, 0) is 36.2 Å². The summed E-state index contributed by atoms with van der Waals surface area (Å²) < 4.78 is 23.9. The van der Waals surface area contributed by atoms with E-state index >= 15 is 0 Å². The minimum absolute atomic E-state index is 0.0596. The highest BCUT2D eigenvalue weighted by Crippen LogP contribution is 2.27. The predicted octanol–water partition coefficient (Wildman–Crippen LogP) is 3.98.